The number of hydrogen-bond donors (Lipinski definition) is 2. The van der Waals surface area contributed by atoms with Gasteiger partial charge in [-0.05, 0) is 32.7 Å². The summed E-state index contributed by atoms with van der Waals surface area (Å²) in [7, 11) is -3.15. The molecule has 1 amide bonds. The van der Waals surface area contributed by atoms with Crippen molar-refractivity contribution in [2.24, 2.45) is 0 Å². The summed E-state index contributed by atoms with van der Waals surface area (Å²) >= 11 is 0. The Bertz CT molecular complexity index is 392. The fourth-order valence-electron chi connectivity index (χ4n) is 2.29. The molecule has 0 aromatic rings. The topological polar surface area (TPSA) is 78.5 Å². The standard InChI is InChI=1S/C13H27N3O3S/c1-3-14-12(2)11-15-13(17)7-6-10-20(18,19)16-8-4-5-9-16/h12,14H,3-11H2,1-2H3,(H,15,17)/t12-/m1/s1. The molecule has 0 radical (unpaired) electrons. The first-order valence-corrected chi connectivity index (χ1v) is 9.04. The van der Waals surface area contributed by atoms with Crippen LogP contribution >= 0.6 is 0 Å². The van der Waals surface area contributed by atoms with Gasteiger partial charge in [-0.2, -0.15) is 0 Å². The molecule has 20 heavy (non-hydrogen) atoms. The van der Waals surface area contributed by atoms with E-state index < -0.39 is 10.0 Å². The van der Waals surface area contributed by atoms with Crippen molar-refractivity contribution >= 4 is 15.9 Å². The second-order valence-electron chi connectivity index (χ2n) is 5.29. The average molecular weight is 305 g/mol. The molecule has 1 fully saturated rings. The van der Waals surface area contributed by atoms with Gasteiger partial charge in [0, 0.05) is 32.1 Å². The molecule has 0 aromatic heterocycles. The average Bonchev–Trinajstić information content (AvgIpc) is 2.91. The number of nitrogens with zero attached hydrogens (tertiary/aromatic N) is 1. The number of carbonyl (C=O) groups excluding carboxylic acids is 1. The molecule has 2 N–H and O–H groups in total. The second-order valence-corrected chi connectivity index (χ2v) is 7.38. The zero-order valence-corrected chi connectivity index (χ0v) is 13.3. The van der Waals surface area contributed by atoms with Crippen LogP contribution in [0.25, 0.3) is 0 Å². The Morgan fingerprint density at radius 3 is 2.55 bits per heavy atom. The number of nitrogens with one attached hydrogen (secondary N) is 2. The van der Waals surface area contributed by atoms with Crippen LogP contribution in [-0.2, 0) is 14.8 Å². The van der Waals surface area contributed by atoms with Gasteiger partial charge in [0.2, 0.25) is 15.9 Å². The van der Waals surface area contributed by atoms with Crippen LogP contribution in [0.2, 0.25) is 0 Å². The number of carbonyl (C=O) groups is 1. The minimum absolute atomic E-state index is 0.0726. The lowest BCUT2D eigenvalue weighted by Gasteiger charge is -2.15. The van der Waals surface area contributed by atoms with Crippen LogP contribution < -0.4 is 10.6 Å². The van der Waals surface area contributed by atoms with Gasteiger partial charge in [0.05, 0.1) is 5.75 Å². The van der Waals surface area contributed by atoms with Crippen LogP contribution in [0.4, 0.5) is 0 Å². The summed E-state index contributed by atoms with van der Waals surface area (Å²) in [5.41, 5.74) is 0. The Morgan fingerprint density at radius 1 is 1.30 bits per heavy atom. The molecule has 0 unspecified atom stereocenters. The van der Waals surface area contributed by atoms with Crippen LogP contribution in [0.5, 0.6) is 0 Å². The fraction of sp³-hybridized carbons (Fsp3) is 0.923. The molecule has 1 aliphatic heterocycles. The predicted octanol–water partition coefficient (Wildman–Crippen LogP) is 0.306. The summed E-state index contributed by atoms with van der Waals surface area (Å²) in [6.07, 6.45) is 2.55. The number of amides is 1. The van der Waals surface area contributed by atoms with E-state index in [1.807, 2.05) is 13.8 Å². The predicted molar refractivity (Wildman–Crippen MR) is 80.0 cm³/mol. The van der Waals surface area contributed by atoms with Gasteiger partial charge in [-0.15, -0.1) is 0 Å². The van der Waals surface area contributed by atoms with Crippen LogP contribution in [0.1, 0.15) is 39.5 Å². The Morgan fingerprint density at radius 2 is 1.95 bits per heavy atom. The van der Waals surface area contributed by atoms with Crippen molar-refractivity contribution in [3.63, 3.8) is 0 Å². The van der Waals surface area contributed by atoms with E-state index in [4.69, 9.17) is 0 Å². The summed E-state index contributed by atoms with van der Waals surface area (Å²) < 4.78 is 25.4. The number of rotatable bonds is 9. The summed E-state index contributed by atoms with van der Waals surface area (Å²) in [5, 5.41) is 6.01. The molecule has 1 aliphatic rings. The minimum Gasteiger partial charge on any atom is -0.355 e. The molecule has 1 saturated heterocycles. The SMILES string of the molecule is CCN[C@H](C)CNC(=O)CCCS(=O)(=O)N1CCCC1. The molecule has 0 saturated carbocycles. The molecular weight excluding hydrogens is 278 g/mol. The Labute approximate surface area is 122 Å². The van der Waals surface area contributed by atoms with Crippen LogP contribution in [0, 0.1) is 0 Å². The molecule has 1 rings (SSSR count). The first-order valence-electron chi connectivity index (χ1n) is 7.43. The van der Waals surface area contributed by atoms with Crippen LogP contribution in [0.3, 0.4) is 0 Å². The van der Waals surface area contributed by atoms with Crippen molar-refractivity contribution in [1.82, 2.24) is 14.9 Å². The van der Waals surface area contributed by atoms with Gasteiger partial charge in [0.25, 0.3) is 0 Å². The zero-order chi connectivity index (χ0) is 15.0. The maximum atomic E-state index is 11.9. The highest BCUT2D eigenvalue weighted by atomic mass is 32.2. The molecule has 0 aliphatic carbocycles. The van der Waals surface area contributed by atoms with Gasteiger partial charge in [-0.3, -0.25) is 4.79 Å². The lowest BCUT2D eigenvalue weighted by molar-refractivity contribution is -0.121. The number of likely N-dealkylation sites (N-methyl/N-ethyl adjacent to an activating group) is 1. The molecule has 1 heterocycles. The van der Waals surface area contributed by atoms with E-state index in [0.717, 1.165) is 19.4 Å². The summed E-state index contributed by atoms with van der Waals surface area (Å²) in [6.45, 7) is 6.73. The van der Waals surface area contributed by atoms with Crippen molar-refractivity contribution in [2.45, 2.75) is 45.6 Å². The maximum absolute atomic E-state index is 11.9. The van der Waals surface area contributed by atoms with Crippen LogP contribution in [-0.4, -0.2) is 56.6 Å². The van der Waals surface area contributed by atoms with Gasteiger partial charge in [-0.25, -0.2) is 12.7 Å². The van der Waals surface area contributed by atoms with Crippen LogP contribution in [0.15, 0.2) is 0 Å². The molecule has 0 spiro atoms. The first-order chi connectivity index (χ1) is 9.45. The summed E-state index contributed by atoms with van der Waals surface area (Å²) in [6, 6.07) is 0.234. The third-order valence-corrected chi connectivity index (χ3v) is 5.38. The van der Waals surface area contributed by atoms with E-state index in [9.17, 15) is 13.2 Å². The minimum atomic E-state index is -3.15. The highest BCUT2D eigenvalue weighted by Crippen LogP contribution is 2.14. The second kappa shape index (κ2) is 8.59. The van der Waals surface area contributed by atoms with Gasteiger partial charge in [-0.1, -0.05) is 6.92 Å². The van der Waals surface area contributed by atoms with E-state index in [1.54, 1.807) is 0 Å². The molecular formula is C13H27N3O3S. The van der Waals surface area contributed by atoms with Gasteiger partial charge >= 0.3 is 0 Å². The van der Waals surface area contributed by atoms with Crippen molar-refractivity contribution in [3.05, 3.63) is 0 Å². The van der Waals surface area contributed by atoms with Crippen molar-refractivity contribution in [2.75, 3.05) is 31.9 Å². The Hall–Kier alpha value is -0.660. The Kier molecular flexibility index (Phi) is 7.47. The highest BCUT2D eigenvalue weighted by Gasteiger charge is 2.24. The molecule has 6 nitrogen and oxygen atoms in total. The summed E-state index contributed by atoms with van der Waals surface area (Å²) in [4.78, 5) is 11.6. The van der Waals surface area contributed by atoms with E-state index in [0.29, 0.717) is 26.1 Å². The molecule has 0 bridgehead atoms. The summed E-state index contributed by atoms with van der Waals surface area (Å²) in [5.74, 6) is -0.00483. The van der Waals surface area contributed by atoms with E-state index in [2.05, 4.69) is 10.6 Å². The maximum Gasteiger partial charge on any atom is 0.220 e. The van der Waals surface area contributed by atoms with Crippen molar-refractivity contribution in [1.29, 1.82) is 0 Å². The largest absolute Gasteiger partial charge is 0.355 e. The number of hydrogen-bond acceptors (Lipinski definition) is 4. The van der Waals surface area contributed by atoms with Crippen molar-refractivity contribution < 1.29 is 13.2 Å². The highest BCUT2D eigenvalue weighted by molar-refractivity contribution is 7.89. The third-order valence-electron chi connectivity index (χ3n) is 3.42. The van der Waals surface area contributed by atoms with Gasteiger partial charge in [0.15, 0.2) is 0 Å². The monoisotopic (exact) mass is 305 g/mol. The molecule has 118 valence electrons. The third kappa shape index (κ3) is 6.19. The van der Waals surface area contributed by atoms with E-state index in [1.165, 1.54) is 4.31 Å². The van der Waals surface area contributed by atoms with E-state index in [-0.39, 0.29) is 24.1 Å². The lowest BCUT2D eigenvalue weighted by Crippen LogP contribution is -2.39. The normalized spacial score (nSPS) is 18.1. The van der Waals surface area contributed by atoms with E-state index >= 15 is 0 Å². The van der Waals surface area contributed by atoms with Gasteiger partial charge in [0.1, 0.15) is 0 Å². The quantitative estimate of drug-likeness (QED) is 0.642. The molecule has 0 aromatic carbocycles. The Balaban J connectivity index is 2.18. The van der Waals surface area contributed by atoms with Gasteiger partial charge < -0.3 is 10.6 Å². The molecule has 7 heteroatoms. The first kappa shape index (κ1) is 17.4. The number of sulfonamides is 1. The molecule has 1 atom stereocenters. The van der Waals surface area contributed by atoms with Crippen molar-refractivity contribution in [3.8, 4) is 0 Å². The lowest BCUT2D eigenvalue weighted by atomic mass is 10.3. The fourth-order valence-corrected chi connectivity index (χ4v) is 3.87. The zero-order valence-electron chi connectivity index (χ0n) is 12.5. The smallest absolute Gasteiger partial charge is 0.220 e.